The van der Waals surface area contributed by atoms with Gasteiger partial charge in [0.1, 0.15) is 11.5 Å². The number of methoxy groups -OCH3 is 2. The lowest BCUT2D eigenvalue weighted by atomic mass is 10.1. The van der Waals surface area contributed by atoms with Gasteiger partial charge in [0.25, 0.3) is 0 Å². The summed E-state index contributed by atoms with van der Waals surface area (Å²) in [5.74, 6) is -0.0382. The lowest BCUT2D eigenvalue weighted by Crippen LogP contribution is -2.31. The number of hydrogen-bond acceptors (Lipinski definition) is 6. The molecule has 7 heteroatoms. The van der Waals surface area contributed by atoms with Crippen molar-refractivity contribution in [3.8, 4) is 11.5 Å². The average molecular weight is 325 g/mol. The molecule has 0 saturated carbocycles. The third-order valence-electron chi connectivity index (χ3n) is 3.18. The van der Waals surface area contributed by atoms with Crippen LogP contribution < -0.4 is 9.47 Å². The minimum atomic E-state index is -0.957. The van der Waals surface area contributed by atoms with E-state index in [1.54, 1.807) is 38.2 Å². The molecule has 0 spiro atoms. The summed E-state index contributed by atoms with van der Waals surface area (Å²) in [6, 6.07) is 5.33. The van der Waals surface area contributed by atoms with Gasteiger partial charge in [0.15, 0.2) is 0 Å². The van der Waals surface area contributed by atoms with Gasteiger partial charge in [-0.15, -0.1) is 0 Å². The Morgan fingerprint density at radius 1 is 1.22 bits per heavy atom. The average Bonchev–Trinajstić information content (AvgIpc) is 2.52. The number of benzene rings is 1. The summed E-state index contributed by atoms with van der Waals surface area (Å²) >= 11 is 0. The molecule has 0 aliphatic rings. The standard InChI is InChI=1S/C16H23NO6/c1-4-23-16(20)7-8-17(11-15(18)19)10-12-5-6-13(21-2)9-14(12)22-3/h5-6,9H,4,7-8,10-11H2,1-3H3,(H,18,19). The maximum Gasteiger partial charge on any atom is 0.317 e. The number of carboxylic acids is 1. The number of esters is 1. The van der Waals surface area contributed by atoms with Crippen LogP contribution >= 0.6 is 0 Å². The van der Waals surface area contributed by atoms with Crippen LogP contribution in [0.2, 0.25) is 0 Å². The number of hydrogen-bond donors (Lipinski definition) is 1. The Balaban J connectivity index is 2.79. The Hall–Kier alpha value is -2.28. The lowest BCUT2D eigenvalue weighted by molar-refractivity contribution is -0.145. The SMILES string of the molecule is CCOC(=O)CCN(CC(=O)O)Cc1ccc(OC)cc1OC. The van der Waals surface area contributed by atoms with Gasteiger partial charge in [0, 0.05) is 24.7 Å². The Labute approximate surface area is 135 Å². The molecule has 0 saturated heterocycles. The van der Waals surface area contributed by atoms with Crippen LogP contribution in [0.1, 0.15) is 18.9 Å². The zero-order chi connectivity index (χ0) is 17.2. The van der Waals surface area contributed by atoms with Crippen LogP contribution in [0.4, 0.5) is 0 Å². The first-order chi connectivity index (χ1) is 11.0. The molecular formula is C16H23NO6. The number of carbonyl (C=O) groups excluding carboxylic acids is 1. The van der Waals surface area contributed by atoms with Crippen molar-refractivity contribution >= 4 is 11.9 Å². The third kappa shape index (κ3) is 6.56. The summed E-state index contributed by atoms with van der Waals surface area (Å²) in [6.07, 6.45) is 0.138. The predicted octanol–water partition coefficient (Wildman–Crippen LogP) is 1.54. The maximum absolute atomic E-state index is 11.5. The van der Waals surface area contributed by atoms with Crippen LogP contribution in [-0.2, 0) is 20.9 Å². The van der Waals surface area contributed by atoms with Crippen molar-refractivity contribution in [2.24, 2.45) is 0 Å². The quantitative estimate of drug-likeness (QED) is 0.653. The lowest BCUT2D eigenvalue weighted by Gasteiger charge is -2.21. The number of nitrogens with zero attached hydrogens (tertiary/aromatic N) is 1. The van der Waals surface area contributed by atoms with E-state index in [1.165, 1.54) is 0 Å². The second kappa shape index (κ2) is 9.68. The molecule has 0 aliphatic heterocycles. The van der Waals surface area contributed by atoms with E-state index in [4.69, 9.17) is 19.3 Å². The zero-order valence-electron chi connectivity index (χ0n) is 13.7. The minimum absolute atomic E-state index is 0.138. The van der Waals surface area contributed by atoms with Gasteiger partial charge in [-0.2, -0.15) is 0 Å². The number of carbonyl (C=O) groups is 2. The largest absolute Gasteiger partial charge is 0.497 e. The molecule has 0 amide bonds. The smallest absolute Gasteiger partial charge is 0.317 e. The number of aliphatic carboxylic acids is 1. The second-order valence-corrected chi connectivity index (χ2v) is 4.84. The van der Waals surface area contributed by atoms with Gasteiger partial charge in [-0.3, -0.25) is 14.5 Å². The first-order valence-corrected chi connectivity index (χ1v) is 7.30. The van der Waals surface area contributed by atoms with E-state index in [9.17, 15) is 9.59 Å². The normalized spacial score (nSPS) is 10.4. The first-order valence-electron chi connectivity index (χ1n) is 7.30. The van der Waals surface area contributed by atoms with Crippen molar-refractivity contribution in [2.75, 3.05) is 33.9 Å². The first kappa shape index (κ1) is 18.8. The van der Waals surface area contributed by atoms with Gasteiger partial charge in [-0.1, -0.05) is 6.07 Å². The van der Waals surface area contributed by atoms with Crippen LogP contribution in [0.3, 0.4) is 0 Å². The van der Waals surface area contributed by atoms with Gasteiger partial charge < -0.3 is 19.3 Å². The molecule has 0 unspecified atom stereocenters. The fourth-order valence-corrected chi connectivity index (χ4v) is 2.11. The Bertz CT molecular complexity index is 531. The molecule has 0 bridgehead atoms. The molecule has 1 aromatic carbocycles. The molecular weight excluding hydrogens is 302 g/mol. The highest BCUT2D eigenvalue weighted by atomic mass is 16.5. The molecule has 0 atom stereocenters. The molecule has 0 aromatic heterocycles. The summed E-state index contributed by atoms with van der Waals surface area (Å²) in [6.45, 7) is 2.51. The van der Waals surface area contributed by atoms with E-state index >= 15 is 0 Å². The molecule has 7 nitrogen and oxygen atoms in total. The summed E-state index contributed by atoms with van der Waals surface area (Å²) in [7, 11) is 3.10. The third-order valence-corrected chi connectivity index (χ3v) is 3.18. The highest BCUT2D eigenvalue weighted by Crippen LogP contribution is 2.25. The second-order valence-electron chi connectivity index (χ2n) is 4.84. The minimum Gasteiger partial charge on any atom is -0.497 e. The molecule has 0 fully saturated rings. The van der Waals surface area contributed by atoms with Crippen molar-refractivity contribution < 1.29 is 28.9 Å². The molecule has 1 N–H and O–H groups in total. The van der Waals surface area contributed by atoms with Crippen molar-refractivity contribution in [1.82, 2.24) is 4.90 Å². The fourth-order valence-electron chi connectivity index (χ4n) is 2.11. The van der Waals surface area contributed by atoms with Crippen molar-refractivity contribution in [1.29, 1.82) is 0 Å². The van der Waals surface area contributed by atoms with Gasteiger partial charge >= 0.3 is 11.9 Å². The maximum atomic E-state index is 11.5. The van der Waals surface area contributed by atoms with Crippen molar-refractivity contribution in [2.45, 2.75) is 19.9 Å². The van der Waals surface area contributed by atoms with E-state index in [-0.39, 0.29) is 18.9 Å². The van der Waals surface area contributed by atoms with Crippen molar-refractivity contribution in [3.63, 3.8) is 0 Å². The summed E-state index contributed by atoms with van der Waals surface area (Å²) < 4.78 is 15.3. The number of carboxylic acid groups (broad SMARTS) is 1. The van der Waals surface area contributed by atoms with Gasteiger partial charge in [0.2, 0.25) is 0 Å². The number of rotatable bonds is 10. The van der Waals surface area contributed by atoms with Gasteiger partial charge in [-0.25, -0.2) is 0 Å². The Kier molecular flexibility index (Phi) is 7.90. The molecule has 128 valence electrons. The van der Waals surface area contributed by atoms with E-state index in [1.807, 2.05) is 6.07 Å². The van der Waals surface area contributed by atoms with Crippen LogP contribution in [0.15, 0.2) is 18.2 Å². The van der Waals surface area contributed by atoms with E-state index in [0.29, 0.717) is 31.2 Å². The molecule has 23 heavy (non-hydrogen) atoms. The Morgan fingerprint density at radius 3 is 2.52 bits per heavy atom. The molecule has 1 aromatic rings. The van der Waals surface area contributed by atoms with Gasteiger partial charge in [0.05, 0.1) is 33.8 Å². The highest BCUT2D eigenvalue weighted by molar-refractivity contribution is 5.70. The monoisotopic (exact) mass is 325 g/mol. The van der Waals surface area contributed by atoms with E-state index in [0.717, 1.165) is 5.56 Å². The summed E-state index contributed by atoms with van der Waals surface area (Å²) in [5.41, 5.74) is 0.818. The molecule has 0 radical (unpaired) electrons. The van der Waals surface area contributed by atoms with Crippen molar-refractivity contribution in [3.05, 3.63) is 23.8 Å². The van der Waals surface area contributed by atoms with Crippen LogP contribution in [0.25, 0.3) is 0 Å². The number of ether oxygens (including phenoxy) is 3. The summed E-state index contributed by atoms with van der Waals surface area (Å²) in [5, 5.41) is 9.03. The van der Waals surface area contributed by atoms with Crippen LogP contribution in [0.5, 0.6) is 11.5 Å². The van der Waals surface area contributed by atoms with Gasteiger partial charge in [-0.05, 0) is 13.0 Å². The zero-order valence-corrected chi connectivity index (χ0v) is 13.7. The molecule has 1 rings (SSSR count). The van der Waals surface area contributed by atoms with E-state index < -0.39 is 5.97 Å². The molecule has 0 aliphatic carbocycles. The van der Waals surface area contributed by atoms with Crippen LogP contribution in [0, 0.1) is 0 Å². The molecule has 0 heterocycles. The Morgan fingerprint density at radius 2 is 1.96 bits per heavy atom. The highest BCUT2D eigenvalue weighted by Gasteiger charge is 2.15. The summed E-state index contributed by atoms with van der Waals surface area (Å²) in [4.78, 5) is 24.1. The fraction of sp³-hybridized carbons (Fsp3) is 0.500. The predicted molar refractivity (Wildman–Crippen MR) is 83.7 cm³/mol. The van der Waals surface area contributed by atoms with Crippen LogP contribution in [-0.4, -0.2) is 55.9 Å². The topological polar surface area (TPSA) is 85.3 Å². The van der Waals surface area contributed by atoms with E-state index in [2.05, 4.69) is 0 Å².